The number of ether oxygens (including phenoxy) is 1. The van der Waals surface area contributed by atoms with Gasteiger partial charge in [0.25, 0.3) is 5.89 Å². The van der Waals surface area contributed by atoms with E-state index in [1.807, 2.05) is 26.8 Å². The van der Waals surface area contributed by atoms with Crippen LogP contribution in [0, 0.1) is 18.3 Å². The van der Waals surface area contributed by atoms with Gasteiger partial charge in [-0.3, -0.25) is 0 Å². The second-order valence-corrected chi connectivity index (χ2v) is 4.78. The molecule has 0 aliphatic carbocycles. The number of hydrogen-bond donors (Lipinski definition) is 0. The van der Waals surface area contributed by atoms with Crippen molar-refractivity contribution in [2.24, 2.45) is 0 Å². The summed E-state index contributed by atoms with van der Waals surface area (Å²) >= 11 is 0. The van der Waals surface area contributed by atoms with Crippen LogP contribution < -0.4 is 0 Å². The summed E-state index contributed by atoms with van der Waals surface area (Å²) in [6.07, 6.45) is 0. The summed E-state index contributed by atoms with van der Waals surface area (Å²) in [5.74, 6) is 0.927. The predicted octanol–water partition coefficient (Wildman–Crippen LogP) is 2.80. The molecule has 1 aromatic heterocycles. The van der Waals surface area contributed by atoms with Gasteiger partial charge < -0.3 is 9.26 Å². The fourth-order valence-corrected chi connectivity index (χ4v) is 1.64. The maximum atomic E-state index is 8.85. The van der Waals surface area contributed by atoms with Crippen molar-refractivity contribution in [3.8, 4) is 17.5 Å². The Kier molecular flexibility index (Phi) is 3.36. The first-order valence-corrected chi connectivity index (χ1v) is 5.88. The Morgan fingerprint density at radius 3 is 2.68 bits per heavy atom. The number of hydrogen-bond acceptors (Lipinski definition) is 5. The first-order valence-electron chi connectivity index (χ1n) is 5.88. The Labute approximate surface area is 111 Å². The minimum atomic E-state index is -0.595. The lowest BCUT2D eigenvalue weighted by Crippen LogP contribution is -2.21. The largest absolute Gasteiger partial charge is 0.371 e. The highest BCUT2D eigenvalue weighted by Gasteiger charge is 2.26. The molecule has 98 valence electrons. The van der Waals surface area contributed by atoms with Gasteiger partial charge in [0.1, 0.15) is 5.60 Å². The van der Waals surface area contributed by atoms with Gasteiger partial charge >= 0.3 is 0 Å². The topological polar surface area (TPSA) is 71.9 Å². The summed E-state index contributed by atoms with van der Waals surface area (Å²) < 4.78 is 10.6. The zero-order chi connectivity index (χ0) is 14.0. The van der Waals surface area contributed by atoms with Crippen LogP contribution in [0.1, 0.15) is 30.8 Å². The number of methoxy groups -OCH3 is 1. The minimum Gasteiger partial charge on any atom is -0.371 e. The van der Waals surface area contributed by atoms with Gasteiger partial charge in [-0.1, -0.05) is 5.16 Å². The molecule has 0 aliphatic rings. The first kappa shape index (κ1) is 13.2. The van der Waals surface area contributed by atoms with Crippen molar-refractivity contribution in [3.63, 3.8) is 0 Å². The monoisotopic (exact) mass is 257 g/mol. The van der Waals surface area contributed by atoms with Crippen molar-refractivity contribution in [3.05, 3.63) is 35.2 Å². The normalized spacial score (nSPS) is 11.3. The molecule has 0 saturated heterocycles. The zero-order valence-electron chi connectivity index (χ0n) is 11.4. The van der Waals surface area contributed by atoms with Crippen LogP contribution in [0.5, 0.6) is 0 Å². The van der Waals surface area contributed by atoms with Gasteiger partial charge in [0, 0.05) is 12.7 Å². The zero-order valence-corrected chi connectivity index (χ0v) is 11.4. The SMILES string of the molecule is COC(C)(C)c1noc(-c2ccc(C#N)cc2C)n1. The summed E-state index contributed by atoms with van der Waals surface area (Å²) in [6.45, 7) is 5.64. The molecular formula is C14H15N3O2. The molecule has 0 aliphatic heterocycles. The molecule has 0 unspecified atom stereocenters. The molecule has 19 heavy (non-hydrogen) atoms. The number of aryl methyl sites for hydroxylation is 1. The van der Waals surface area contributed by atoms with E-state index in [-0.39, 0.29) is 0 Å². The minimum absolute atomic E-state index is 0.433. The lowest BCUT2D eigenvalue weighted by atomic mass is 10.1. The maximum absolute atomic E-state index is 8.85. The first-order chi connectivity index (χ1) is 8.97. The van der Waals surface area contributed by atoms with Gasteiger partial charge in [0.05, 0.1) is 11.6 Å². The third kappa shape index (κ3) is 2.49. The van der Waals surface area contributed by atoms with Gasteiger partial charge in [0.2, 0.25) is 5.82 Å². The summed E-state index contributed by atoms with van der Waals surface area (Å²) in [4.78, 5) is 4.35. The molecule has 1 aromatic carbocycles. The summed E-state index contributed by atoms with van der Waals surface area (Å²) in [6, 6.07) is 7.43. The van der Waals surface area contributed by atoms with E-state index >= 15 is 0 Å². The third-order valence-corrected chi connectivity index (χ3v) is 3.06. The van der Waals surface area contributed by atoms with Gasteiger partial charge in [0.15, 0.2) is 0 Å². The molecule has 2 rings (SSSR count). The van der Waals surface area contributed by atoms with Crippen molar-refractivity contribution < 1.29 is 9.26 Å². The third-order valence-electron chi connectivity index (χ3n) is 3.06. The second kappa shape index (κ2) is 4.82. The fourth-order valence-electron chi connectivity index (χ4n) is 1.64. The number of nitriles is 1. The Bertz CT molecular complexity index is 638. The molecule has 0 atom stereocenters. The van der Waals surface area contributed by atoms with Crippen LogP contribution in [-0.2, 0) is 10.3 Å². The molecule has 0 saturated carbocycles. The molecule has 0 N–H and O–H groups in total. The number of aromatic nitrogens is 2. The molecule has 0 bridgehead atoms. The Morgan fingerprint density at radius 2 is 2.11 bits per heavy atom. The second-order valence-electron chi connectivity index (χ2n) is 4.78. The summed E-state index contributed by atoms with van der Waals surface area (Å²) in [5, 5.41) is 12.8. The molecule has 0 radical (unpaired) electrons. The molecule has 5 heteroatoms. The molecule has 1 heterocycles. The van der Waals surface area contributed by atoms with E-state index in [0.29, 0.717) is 17.3 Å². The van der Waals surface area contributed by atoms with Crippen molar-refractivity contribution in [1.29, 1.82) is 5.26 Å². The highest BCUT2D eigenvalue weighted by molar-refractivity contribution is 5.60. The van der Waals surface area contributed by atoms with E-state index in [1.54, 1.807) is 19.2 Å². The van der Waals surface area contributed by atoms with Crippen molar-refractivity contribution >= 4 is 0 Å². The van der Waals surface area contributed by atoms with E-state index in [0.717, 1.165) is 11.1 Å². The number of benzene rings is 1. The average molecular weight is 257 g/mol. The van der Waals surface area contributed by atoms with Gasteiger partial charge in [-0.2, -0.15) is 10.2 Å². The van der Waals surface area contributed by atoms with Crippen molar-refractivity contribution in [1.82, 2.24) is 10.1 Å². The van der Waals surface area contributed by atoms with Gasteiger partial charge in [-0.15, -0.1) is 0 Å². The molecular weight excluding hydrogens is 242 g/mol. The standard InChI is InChI=1S/C14H15N3O2/c1-9-7-10(8-15)5-6-11(9)12-16-13(17-19-12)14(2,3)18-4/h5-7H,1-4H3. The molecule has 0 amide bonds. The van der Waals surface area contributed by atoms with Crippen LogP contribution in [-0.4, -0.2) is 17.3 Å². The molecule has 0 fully saturated rings. The smallest absolute Gasteiger partial charge is 0.258 e. The van der Waals surface area contributed by atoms with E-state index in [4.69, 9.17) is 14.5 Å². The van der Waals surface area contributed by atoms with E-state index in [9.17, 15) is 0 Å². The average Bonchev–Trinajstić information content (AvgIpc) is 2.88. The summed E-state index contributed by atoms with van der Waals surface area (Å²) in [7, 11) is 1.60. The predicted molar refractivity (Wildman–Crippen MR) is 69.2 cm³/mol. The Balaban J connectivity index is 2.42. The van der Waals surface area contributed by atoms with Crippen LogP contribution in [0.25, 0.3) is 11.5 Å². The molecule has 2 aromatic rings. The maximum Gasteiger partial charge on any atom is 0.258 e. The molecule has 5 nitrogen and oxygen atoms in total. The van der Waals surface area contributed by atoms with Gasteiger partial charge in [-0.05, 0) is 44.5 Å². The lowest BCUT2D eigenvalue weighted by molar-refractivity contribution is 0.00973. The van der Waals surface area contributed by atoms with Crippen LogP contribution >= 0.6 is 0 Å². The van der Waals surface area contributed by atoms with E-state index in [1.165, 1.54) is 0 Å². The highest BCUT2D eigenvalue weighted by Crippen LogP contribution is 2.26. The molecule has 0 spiro atoms. The van der Waals surface area contributed by atoms with Gasteiger partial charge in [-0.25, -0.2) is 0 Å². The number of nitrogens with zero attached hydrogens (tertiary/aromatic N) is 3. The number of rotatable bonds is 3. The van der Waals surface area contributed by atoms with E-state index < -0.39 is 5.60 Å². The Hall–Kier alpha value is -2.19. The Morgan fingerprint density at radius 1 is 1.37 bits per heavy atom. The van der Waals surface area contributed by atoms with Crippen LogP contribution in [0.2, 0.25) is 0 Å². The van der Waals surface area contributed by atoms with Crippen molar-refractivity contribution in [2.75, 3.05) is 7.11 Å². The fraction of sp³-hybridized carbons (Fsp3) is 0.357. The van der Waals surface area contributed by atoms with Crippen LogP contribution in [0.15, 0.2) is 22.7 Å². The summed E-state index contributed by atoms with van der Waals surface area (Å²) in [5.41, 5.74) is 1.76. The lowest BCUT2D eigenvalue weighted by Gasteiger charge is -2.17. The van der Waals surface area contributed by atoms with Crippen LogP contribution in [0.4, 0.5) is 0 Å². The highest BCUT2D eigenvalue weighted by atomic mass is 16.5. The van der Waals surface area contributed by atoms with E-state index in [2.05, 4.69) is 16.2 Å². The van der Waals surface area contributed by atoms with Crippen LogP contribution in [0.3, 0.4) is 0 Å². The van der Waals surface area contributed by atoms with Crippen molar-refractivity contribution in [2.45, 2.75) is 26.4 Å². The quantitative estimate of drug-likeness (QED) is 0.845.